The molecule has 0 aliphatic carbocycles. The lowest BCUT2D eigenvalue weighted by Crippen LogP contribution is -2.13. The van der Waals surface area contributed by atoms with E-state index in [2.05, 4.69) is 21.2 Å². The topological polar surface area (TPSA) is 105 Å². The number of anilines is 1. The van der Waals surface area contributed by atoms with Gasteiger partial charge in [0.1, 0.15) is 16.5 Å². The van der Waals surface area contributed by atoms with Crippen LogP contribution in [0.1, 0.15) is 18.1 Å². The smallest absolute Gasteiger partial charge is 0.339 e. The van der Waals surface area contributed by atoms with Gasteiger partial charge in [0.2, 0.25) is 0 Å². The molecular formula is C25H20BrClN2O5S. The lowest BCUT2D eigenvalue weighted by atomic mass is 10.1. The van der Waals surface area contributed by atoms with Gasteiger partial charge in [-0.15, -0.1) is 0 Å². The summed E-state index contributed by atoms with van der Waals surface area (Å²) in [7, 11) is -4.14. The molecule has 0 spiro atoms. The number of nitriles is 1. The Morgan fingerprint density at radius 3 is 2.49 bits per heavy atom. The first-order chi connectivity index (χ1) is 16.6. The number of ether oxygens (including phenoxy) is 1. The molecule has 0 unspecified atom stereocenters. The molecule has 0 heterocycles. The maximum atomic E-state index is 12.8. The van der Waals surface area contributed by atoms with E-state index in [1.54, 1.807) is 43.3 Å². The summed E-state index contributed by atoms with van der Waals surface area (Å²) in [5, 5.41) is 12.5. The van der Waals surface area contributed by atoms with Crippen LogP contribution in [0.4, 0.5) is 5.69 Å². The van der Waals surface area contributed by atoms with E-state index in [4.69, 9.17) is 20.5 Å². The Kier molecular flexibility index (Phi) is 8.57. The largest absolute Gasteiger partial charge is 0.490 e. The van der Waals surface area contributed by atoms with Crippen LogP contribution < -0.4 is 14.2 Å². The molecule has 180 valence electrons. The van der Waals surface area contributed by atoms with E-state index in [1.165, 1.54) is 30.3 Å². The number of halogens is 2. The van der Waals surface area contributed by atoms with Crippen molar-refractivity contribution in [3.05, 3.63) is 86.9 Å². The van der Waals surface area contributed by atoms with E-state index in [0.29, 0.717) is 16.3 Å². The zero-order valence-electron chi connectivity index (χ0n) is 18.7. The molecular weight excluding hydrogens is 556 g/mol. The number of nitrogens with zero attached hydrogens (tertiary/aromatic N) is 1. The van der Waals surface area contributed by atoms with E-state index in [1.807, 2.05) is 13.0 Å². The summed E-state index contributed by atoms with van der Waals surface area (Å²) < 4.78 is 36.9. The van der Waals surface area contributed by atoms with Crippen molar-refractivity contribution in [1.29, 1.82) is 5.26 Å². The predicted molar refractivity (Wildman–Crippen MR) is 138 cm³/mol. The van der Waals surface area contributed by atoms with Gasteiger partial charge in [-0.1, -0.05) is 41.4 Å². The highest BCUT2D eigenvalue weighted by Crippen LogP contribution is 2.39. The highest BCUT2D eigenvalue weighted by atomic mass is 79.9. The summed E-state index contributed by atoms with van der Waals surface area (Å²) in [4.78, 5) is 12.6. The fourth-order valence-corrected chi connectivity index (χ4v) is 4.73. The molecule has 1 amide bonds. The Hall–Kier alpha value is -3.32. The fourth-order valence-electron chi connectivity index (χ4n) is 2.95. The van der Waals surface area contributed by atoms with Crippen molar-refractivity contribution >= 4 is 55.3 Å². The van der Waals surface area contributed by atoms with Crippen LogP contribution in [0.2, 0.25) is 5.02 Å². The van der Waals surface area contributed by atoms with Crippen LogP contribution in [0.3, 0.4) is 0 Å². The molecule has 3 aromatic rings. The zero-order valence-corrected chi connectivity index (χ0v) is 21.9. The predicted octanol–water partition coefficient (Wildman–Crippen LogP) is 6.12. The van der Waals surface area contributed by atoms with Crippen molar-refractivity contribution < 1.29 is 22.1 Å². The van der Waals surface area contributed by atoms with Crippen molar-refractivity contribution in [2.75, 3.05) is 11.9 Å². The van der Waals surface area contributed by atoms with Crippen molar-refractivity contribution in [1.82, 2.24) is 0 Å². The van der Waals surface area contributed by atoms with Gasteiger partial charge in [0.05, 0.1) is 21.8 Å². The zero-order chi connectivity index (χ0) is 25.6. The molecule has 0 aliphatic rings. The molecule has 0 aliphatic heterocycles. The van der Waals surface area contributed by atoms with Gasteiger partial charge < -0.3 is 14.2 Å². The Morgan fingerprint density at radius 2 is 1.86 bits per heavy atom. The van der Waals surface area contributed by atoms with Gasteiger partial charge in [-0.3, -0.25) is 4.79 Å². The van der Waals surface area contributed by atoms with Crippen LogP contribution in [-0.4, -0.2) is 20.9 Å². The summed E-state index contributed by atoms with van der Waals surface area (Å²) in [6, 6.07) is 17.7. The highest BCUT2D eigenvalue weighted by molar-refractivity contribution is 9.10. The van der Waals surface area contributed by atoms with Crippen LogP contribution in [-0.2, 0) is 14.9 Å². The number of nitrogens with one attached hydrogen (secondary N) is 1. The Labute approximate surface area is 217 Å². The van der Waals surface area contributed by atoms with Gasteiger partial charge in [0, 0.05) is 0 Å². The maximum Gasteiger partial charge on any atom is 0.339 e. The van der Waals surface area contributed by atoms with Crippen molar-refractivity contribution in [2.24, 2.45) is 0 Å². The molecule has 10 heteroatoms. The van der Waals surface area contributed by atoms with E-state index in [9.17, 15) is 18.5 Å². The minimum absolute atomic E-state index is 0.00979. The fraction of sp³-hybridized carbons (Fsp3) is 0.120. The number of benzene rings is 3. The molecule has 0 bridgehead atoms. The summed E-state index contributed by atoms with van der Waals surface area (Å²) in [5.74, 6) is -0.590. The third-order valence-corrected chi connectivity index (χ3v) is 6.79. The van der Waals surface area contributed by atoms with Crippen molar-refractivity contribution in [3.63, 3.8) is 0 Å². The molecule has 0 saturated carbocycles. The number of carbonyl (C=O) groups is 1. The summed E-state index contributed by atoms with van der Waals surface area (Å²) in [5.41, 5.74) is 1.48. The summed E-state index contributed by atoms with van der Waals surface area (Å²) >= 11 is 9.39. The number of hydrogen-bond donors (Lipinski definition) is 1. The molecule has 7 nitrogen and oxygen atoms in total. The summed E-state index contributed by atoms with van der Waals surface area (Å²) in [6.45, 7) is 3.79. The van der Waals surface area contributed by atoms with E-state index in [0.717, 1.165) is 5.56 Å². The lowest BCUT2D eigenvalue weighted by Gasteiger charge is -2.15. The number of hydrogen-bond acceptors (Lipinski definition) is 6. The molecule has 0 radical (unpaired) electrons. The molecule has 0 atom stereocenters. The van der Waals surface area contributed by atoms with Crippen LogP contribution in [0, 0.1) is 18.3 Å². The first-order valence-corrected chi connectivity index (χ1v) is 12.9. The Bertz CT molecular complexity index is 1430. The molecule has 35 heavy (non-hydrogen) atoms. The minimum Gasteiger partial charge on any atom is -0.490 e. The van der Waals surface area contributed by atoms with Crippen molar-refractivity contribution in [2.45, 2.75) is 18.7 Å². The number of rotatable bonds is 8. The lowest BCUT2D eigenvalue weighted by molar-refractivity contribution is -0.112. The van der Waals surface area contributed by atoms with Crippen LogP contribution in [0.5, 0.6) is 11.5 Å². The standard InChI is InChI=1S/C25H20BrClN2O5S/c1-3-33-23-14-17(12-18(15-28)25(30)29-22-7-5-4-6-21(22)27)13-20(26)24(23)34-35(31,32)19-10-8-16(2)9-11-19/h4-14H,3H2,1-2H3,(H,29,30)/b18-12+. The van der Waals surface area contributed by atoms with E-state index in [-0.39, 0.29) is 33.0 Å². The normalized spacial score (nSPS) is 11.5. The minimum atomic E-state index is -4.14. The van der Waals surface area contributed by atoms with E-state index < -0.39 is 16.0 Å². The average Bonchev–Trinajstić information content (AvgIpc) is 2.81. The highest BCUT2D eigenvalue weighted by Gasteiger charge is 2.22. The number of para-hydroxylation sites is 1. The second kappa shape index (κ2) is 11.4. The third kappa shape index (κ3) is 6.63. The average molecular weight is 576 g/mol. The summed E-state index contributed by atoms with van der Waals surface area (Å²) in [6.07, 6.45) is 1.34. The first-order valence-electron chi connectivity index (χ1n) is 10.3. The van der Waals surface area contributed by atoms with Crippen molar-refractivity contribution in [3.8, 4) is 17.6 Å². The Morgan fingerprint density at radius 1 is 1.17 bits per heavy atom. The monoisotopic (exact) mass is 574 g/mol. The molecule has 3 rings (SSSR count). The van der Waals surface area contributed by atoms with Crippen LogP contribution >= 0.6 is 27.5 Å². The maximum absolute atomic E-state index is 12.8. The second-order valence-corrected chi connectivity index (χ2v) is 10.0. The molecule has 0 fully saturated rings. The first kappa shape index (κ1) is 26.3. The van der Waals surface area contributed by atoms with Gasteiger partial charge in [-0.2, -0.15) is 13.7 Å². The molecule has 3 aromatic carbocycles. The number of carbonyl (C=O) groups excluding carboxylic acids is 1. The van der Waals surface area contributed by atoms with Gasteiger partial charge >= 0.3 is 10.1 Å². The molecule has 1 N–H and O–H groups in total. The van der Waals surface area contributed by atoms with Gasteiger partial charge in [0.15, 0.2) is 11.5 Å². The van der Waals surface area contributed by atoms with E-state index >= 15 is 0 Å². The van der Waals surface area contributed by atoms with Crippen LogP contribution in [0.15, 0.2) is 75.6 Å². The quantitative estimate of drug-likeness (QED) is 0.197. The molecule has 0 aromatic heterocycles. The number of amides is 1. The Balaban J connectivity index is 1.95. The third-order valence-electron chi connectivity index (χ3n) is 4.63. The number of aryl methyl sites for hydroxylation is 1. The van der Waals surface area contributed by atoms with Gasteiger partial charge in [0.25, 0.3) is 5.91 Å². The SMILES string of the molecule is CCOc1cc(/C=C(\C#N)C(=O)Nc2ccccc2Cl)cc(Br)c1OS(=O)(=O)c1ccc(C)cc1. The second-order valence-electron chi connectivity index (χ2n) is 7.22. The van der Waals surface area contributed by atoms with Crippen LogP contribution in [0.25, 0.3) is 6.08 Å². The van der Waals surface area contributed by atoms with Gasteiger partial charge in [-0.25, -0.2) is 0 Å². The van der Waals surface area contributed by atoms with Gasteiger partial charge in [-0.05, 0) is 77.8 Å². The molecule has 0 saturated heterocycles.